The van der Waals surface area contributed by atoms with Crippen LogP contribution < -0.4 is 5.32 Å². The summed E-state index contributed by atoms with van der Waals surface area (Å²) in [7, 11) is 0. The molecular weight excluding hydrogens is 475 g/mol. The topological polar surface area (TPSA) is 73.0 Å². The second kappa shape index (κ2) is 13.1. The van der Waals surface area contributed by atoms with E-state index in [1.165, 1.54) is 6.08 Å². The Hall–Kier alpha value is -2.09. The number of amides is 3. The van der Waals surface area contributed by atoms with E-state index in [-0.39, 0.29) is 17.7 Å². The SMILES string of the molecule is CC(=O)NC1CCN(CCCCN2CCN(C(=O)/C=C/c3ccc(Cl)c(Cl)c3)CCC2=O)CC1. The minimum atomic E-state index is -0.108. The third-order valence-corrected chi connectivity index (χ3v) is 7.15. The first kappa shape index (κ1) is 26.5. The first-order chi connectivity index (χ1) is 16.3. The van der Waals surface area contributed by atoms with E-state index in [1.54, 1.807) is 36.1 Å². The summed E-state index contributed by atoms with van der Waals surface area (Å²) in [5.41, 5.74) is 0.801. The van der Waals surface area contributed by atoms with Crippen LogP contribution >= 0.6 is 23.2 Å². The Morgan fingerprint density at radius 2 is 1.76 bits per heavy atom. The maximum Gasteiger partial charge on any atom is 0.246 e. The number of nitrogens with one attached hydrogen (secondary N) is 1. The average Bonchev–Trinajstić information content (AvgIpc) is 2.99. The number of rotatable bonds is 8. The van der Waals surface area contributed by atoms with Crippen molar-refractivity contribution in [1.29, 1.82) is 0 Å². The van der Waals surface area contributed by atoms with Crippen LogP contribution in [0.5, 0.6) is 0 Å². The molecule has 0 atom stereocenters. The molecule has 1 N–H and O–H groups in total. The molecule has 34 heavy (non-hydrogen) atoms. The minimum Gasteiger partial charge on any atom is -0.354 e. The van der Waals surface area contributed by atoms with Crippen molar-refractivity contribution in [2.75, 3.05) is 45.8 Å². The zero-order valence-electron chi connectivity index (χ0n) is 19.8. The molecule has 2 heterocycles. The molecule has 0 unspecified atom stereocenters. The molecule has 2 saturated heterocycles. The van der Waals surface area contributed by atoms with Crippen molar-refractivity contribution < 1.29 is 14.4 Å². The van der Waals surface area contributed by atoms with Gasteiger partial charge in [0, 0.05) is 64.7 Å². The summed E-state index contributed by atoms with van der Waals surface area (Å²) in [6.45, 7) is 6.84. The summed E-state index contributed by atoms with van der Waals surface area (Å²) in [5.74, 6) is 0.0478. The van der Waals surface area contributed by atoms with Crippen LogP contribution in [0.15, 0.2) is 24.3 Å². The van der Waals surface area contributed by atoms with Gasteiger partial charge in [0.2, 0.25) is 17.7 Å². The second-order valence-electron chi connectivity index (χ2n) is 8.99. The van der Waals surface area contributed by atoms with Gasteiger partial charge in [-0.15, -0.1) is 0 Å². The number of hydrogen-bond acceptors (Lipinski definition) is 4. The summed E-state index contributed by atoms with van der Waals surface area (Å²) in [4.78, 5) is 42.4. The Morgan fingerprint density at radius 3 is 2.47 bits per heavy atom. The molecule has 2 aliphatic heterocycles. The maximum absolute atomic E-state index is 12.6. The van der Waals surface area contributed by atoms with Gasteiger partial charge in [-0.25, -0.2) is 0 Å². The summed E-state index contributed by atoms with van der Waals surface area (Å²) >= 11 is 12.0. The first-order valence-corrected chi connectivity index (χ1v) is 12.8. The number of unbranched alkanes of at least 4 members (excludes halogenated alkanes) is 1. The summed E-state index contributed by atoms with van der Waals surface area (Å²) in [6, 6.07) is 5.52. The van der Waals surface area contributed by atoms with Crippen LogP contribution in [-0.4, -0.2) is 84.3 Å². The van der Waals surface area contributed by atoms with E-state index in [9.17, 15) is 14.4 Å². The quantitative estimate of drug-likeness (QED) is 0.431. The fraction of sp³-hybridized carbons (Fsp3) is 0.560. The van der Waals surface area contributed by atoms with E-state index in [0.717, 1.165) is 57.4 Å². The summed E-state index contributed by atoms with van der Waals surface area (Å²) in [6.07, 6.45) is 7.55. The average molecular weight is 509 g/mol. The predicted octanol–water partition coefficient (Wildman–Crippen LogP) is 3.45. The lowest BCUT2D eigenvalue weighted by Gasteiger charge is -2.32. The van der Waals surface area contributed by atoms with Crippen molar-refractivity contribution in [3.63, 3.8) is 0 Å². The van der Waals surface area contributed by atoms with Crippen molar-refractivity contribution in [2.24, 2.45) is 0 Å². The largest absolute Gasteiger partial charge is 0.354 e. The smallest absolute Gasteiger partial charge is 0.246 e. The van der Waals surface area contributed by atoms with Crippen molar-refractivity contribution in [2.45, 2.75) is 45.1 Å². The zero-order chi connectivity index (χ0) is 24.5. The lowest BCUT2D eigenvalue weighted by Crippen LogP contribution is -2.44. The molecule has 2 fully saturated rings. The Kier molecular flexibility index (Phi) is 10.2. The number of hydrogen-bond donors (Lipinski definition) is 1. The van der Waals surface area contributed by atoms with Crippen molar-refractivity contribution in [3.8, 4) is 0 Å². The molecule has 3 rings (SSSR count). The van der Waals surface area contributed by atoms with E-state index in [2.05, 4.69) is 10.2 Å². The lowest BCUT2D eigenvalue weighted by molar-refractivity contribution is -0.130. The van der Waals surface area contributed by atoms with Gasteiger partial charge in [0.05, 0.1) is 10.0 Å². The molecule has 1 aromatic rings. The van der Waals surface area contributed by atoms with E-state index in [1.807, 2.05) is 4.90 Å². The van der Waals surface area contributed by atoms with Gasteiger partial charge in [-0.2, -0.15) is 0 Å². The first-order valence-electron chi connectivity index (χ1n) is 12.0. The molecule has 0 aliphatic carbocycles. The van der Waals surface area contributed by atoms with Crippen LogP contribution in [0, 0.1) is 0 Å². The van der Waals surface area contributed by atoms with Gasteiger partial charge in [0.25, 0.3) is 0 Å². The van der Waals surface area contributed by atoms with Gasteiger partial charge >= 0.3 is 0 Å². The molecule has 0 saturated carbocycles. The van der Waals surface area contributed by atoms with E-state index in [4.69, 9.17) is 23.2 Å². The molecule has 2 aliphatic rings. The van der Waals surface area contributed by atoms with Gasteiger partial charge in [-0.1, -0.05) is 29.3 Å². The van der Waals surface area contributed by atoms with Crippen molar-refractivity contribution in [1.82, 2.24) is 20.0 Å². The molecule has 0 radical (unpaired) electrons. The van der Waals surface area contributed by atoms with Crippen LogP contribution in [0.2, 0.25) is 10.0 Å². The van der Waals surface area contributed by atoms with Crippen LogP contribution in [0.4, 0.5) is 0 Å². The number of likely N-dealkylation sites (tertiary alicyclic amines) is 1. The standard InChI is InChI=1S/C25H34Cl2N4O3/c1-19(32)28-21-8-13-29(14-9-21)11-2-3-12-30-16-17-31(15-10-25(30)34)24(33)7-5-20-4-6-22(26)23(27)18-20/h4-7,18,21H,2-3,8-17H2,1H3,(H,28,32)/b7-5+. The van der Waals surface area contributed by atoms with E-state index in [0.29, 0.717) is 42.1 Å². The van der Waals surface area contributed by atoms with Gasteiger partial charge in [0.15, 0.2) is 0 Å². The van der Waals surface area contributed by atoms with Crippen LogP contribution in [0.25, 0.3) is 6.08 Å². The normalized spacial score (nSPS) is 18.4. The molecular formula is C25H34Cl2N4O3. The molecule has 0 bridgehead atoms. The summed E-state index contributed by atoms with van der Waals surface area (Å²) < 4.78 is 0. The Labute approximate surface area is 212 Å². The predicted molar refractivity (Wildman–Crippen MR) is 136 cm³/mol. The van der Waals surface area contributed by atoms with Crippen LogP contribution in [0.3, 0.4) is 0 Å². The number of carbonyl (C=O) groups is 3. The van der Waals surface area contributed by atoms with Gasteiger partial charge < -0.3 is 20.0 Å². The number of nitrogens with zero attached hydrogens (tertiary/aromatic N) is 3. The van der Waals surface area contributed by atoms with Gasteiger partial charge in [-0.3, -0.25) is 14.4 Å². The maximum atomic E-state index is 12.6. The van der Waals surface area contributed by atoms with Gasteiger partial charge in [-0.05, 0) is 56.0 Å². The van der Waals surface area contributed by atoms with Crippen molar-refractivity contribution in [3.05, 3.63) is 39.9 Å². The van der Waals surface area contributed by atoms with Crippen molar-refractivity contribution >= 4 is 47.0 Å². The molecule has 0 aromatic heterocycles. The third kappa shape index (κ3) is 8.29. The fourth-order valence-electron chi connectivity index (χ4n) is 4.44. The minimum absolute atomic E-state index is 0.0447. The molecule has 1 aromatic carbocycles. The van der Waals surface area contributed by atoms with E-state index >= 15 is 0 Å². The Balaban J connectivity index is 1.37. The summed E-state index contributed by atoms with van der Waals surface area (Å²) in [5, 5.41) is 3.92. The third-order valence-electron chi connectivity index (χ3n) is 6.41. The number of halogens is 2. The van der Waals surface area contributed by atoms with E-state index < -0.39 is 0 Å². The van der Waals surface area contributed by atoms with Crippen LogP contribution in [0.1, 0.15) is 44.6 Å². The second-order valence-corrected chi connectivity index (χ2v) is 9.80. The highest BCUT2D eigenvalue weighted by molar-refractivity contribution is 6.42. The molecule has 0 spiro atoms. The molecule has 9 heteroatoms. The highest BCUT2D eigenvalue weighted by atomic mass is 35.5. The number of benzene rings is 1. The lowest BCUT2D eigenvalue weighted by atomic mass is 10.0. The molecule has 3 amide bonds. The molecule has 7 nitrogen and oxygen atoms in total. The Bertz CT molecular complexity index is 900. The molecule has 186 valence electrons. The monoisotopic (exact) mass is 508 g/mol. The van der Waals surface area contributed by atoms with Crippen LogP contribution in [-0.2, 0) is 14.4 Å². The zero-order valence-corrected chi connectivity index (χ0v) is 21.3. The highest BCUT2D eigenvalue weighted by Gasteiger charge is 2.23. The van der Waals surface area contributed by atoms with Gasteiger partial charge in [0.1, 0.15) is 0 Å². The highest BCUT2D eigenvalue weighted by Crippen LogP contribution is 2.23. The fourth-order valence-corrected chi connectivity index (χ4v) is 4.75. The number of piperidine rings is 1. The number of carbonyl (C=O) groups excluding carboxylic acids is 3. The Morgan fingerprint density at radius 1 is 1.03 bits per heavy atom.